The van der Waals surface area contributed by atoms with Gasteiger partial charge in [-0.25, -0.2) is 0 Å². The third-order valence-corrected chi connectivity index (χ3v) is 4.22. The lowest BCUT2D eigenvalue weighted by atomic mass is 9.84. The van der Waals surface area contributed by atoms with Gasteiger partial charge in [-0.3, -0.25) is 14.7 Å². The average Bonchev–Trinajstić information content (AvgIpc) is 2.97. The molecule has 1 aromatic heterocycles. The van der Waals surface area contributed by atoms with Crippen molar-refractivity contribution in [1.29, 1.82) is 0 Å². The van der Waals surface area contributed by atoms with Crippen LogP contribution in [0.1, 0.15) is 34.0 Å². The molecule has 114 valence electrons. The van der Waals surface area contributed by atoms with E-state index in [4.69, 9.17) is 5.73 Å². The van der Waals surface area contributed by atoms with Gasteiger partial charge in [0.15, 0.2) is 5.82 Å². The van der Waals surface area contributed by atoms with Crippen molar-refractivity contribution in [3.63, 3.8) is 0 Å². The fourth-order valence-corrected chi connectivity index (χ4v) is 3.15. The lowest BCUT2D eigenvalue weighted by molar-refractivity contribution is -0.116. The number of hydrogen-bond donors (Lipinski definition) is 3. The molecule has 3 aromatic rings. The number of rotatable bonds is 2. The molecule has 0 saturated heterocycles. The van der Waals surface area contributed by atoms with E-state index in [9.17, 15) is 9.59 Å². The third-order valence-electron chi connectivity index (χ3n) is 4.22. The Morgan fingerprint density at radius 1 is 1.17 bits per heavy atom. The summed E-state index contributed by atoms with van der Waals surface area (Å²) in [5.74, 6) is -0.573. The first-order valence-electron chi connectivity index (χ1n) is 7.30. The number of benzene rings is 2. The number of anilines is 1. The molecule has 4 rings (SSSR count). The molecule has 2 heterocycles. The Hall–Kier alpha value is -3.15. The van der Waals surface area contributed by atoms with Gasteiger partial charge < -0.3 is 11.1 Å². The van der Waals surface area contributed by atoms with Gasteiger partial charge in [0, 0.05) is 17.9 Å². The second-order valence-corrected chi connectivity index (χ2v) is 5.64. The van der Waals surface area contributed by atoms with Crippen LogP contribution >= 0.6 is 0 Å². The minimum atomic E-state index is -0.583. The summed E-state index contributed by atoms with van der Waals surface area (Å²) in [6.07, 6.45) is 0.255. The normalized spacial score (nSPS) is 16.9. The van der Waals surface area contributed by atoms with Crippen molar-refractivity contribution in [2.24, 2.45) is 5.73 Å². The topological polar surface area (TPSA) is 101 Å². The second-order valence-electron chi connectivity index (χ2n) is 5.64. The maximum atomic E-state index is 12.0. The van der Waals surface area contributed by atoms with Gasteiger partial charge in [0.25, 0.3) is 5.91 Å². The number of aromatic amines is 1. The lowest BCUT2D eigenvalue weighted by Gasteiger charge is -2.23. The molecule has 0 radical (unpaired) electrons. The number of carbonyl (C=O) groups is 2. The van der Waals surface area contributed by atoms with E-state index in [0.29, 0.717) is 11.4 Å². The standard InChI is InChI=1S/C17H14N4O2/c18-16(23)15-14-12(8-13(22)19-17(14)21-20-15)11-6-5-9-3-1-2-4-10(9)7-11/h1-7,12H,8H2,(H2,18,23)(H2,19,20,21,22). The largest absolute Gasteiger partial charge is 0.364 e. The van der Waals surface area contributed by atoms with E-state index in [1.165, 1.54) is 0 Å². The molecule has 0 aliphatic carbocycles. The molecular weight excluding hydrogens is 292 g/mol. The van der Waals surface area contributed by atoms with Crippen molar-refractivity contribution in [3.05, 3.63) is 59.3 Å². The molecule has 1 aliphatic rings. The van der Waals surface area contributed by atoms with Gasteiger partial charge in [0.05, 0.1) is 0 Å². The molecule has 0 bridgehead atoms. The number of nitrogens with one attached hydrogen (secondary N) is 2. The molecular formula is C17H14N4O2. The summed E-state index contributed by atoms with van der Waals surface area (Å²) in [6.45, 7) is 0. The van der Waals surface area contributed by atoms with E-state index in [0.717, 1.165) is 16.3 Å². The van der Waals surface area contributed by atoms with Crippen molar-refractivity contribution < 1.29 is 9.59 Å². The van der Waals surface area contributed by atoms with Crippen molar-refractivity contribution in [2.75, 3.05) is 5.32 Å². The number of nitrogens with two attached hydrogens (primary N) is 1. The van der Waals surface area contributed by atoms with Gasteiger partial charge in [-0.1, -0.05) is 42.5 Å². The predicted molar refractivity (Wildman–Crippen MR) is 86.1 cm³/mol. The Balaban J connectivity index is 1.89. The van der Waals surface area contributed by atoms with Crippen LogP contribution in [0.25, 0.3) is 10.8 Å². The average molecular weight is 306 g/mol. The highest BCUT2D eigenvalue weighted by molar-refractivity contribution is 6.00. The Bertz CT molecular complexity index is 945. The molecule has 0 fully saturated rings. The van der Waals surface area contributed by atoms with Crippen LogP contribution in [-0.4, -0.2) is 22.0 Å². The van der Waals surface area contributed by atoms with Gasteiger partial charge in [-0.2, -0.15) is 5.10 Å². The minimum absolute atomic E-state index is 0.127. The van der Waals surface area contributed by atoms with Crippen molar-refractivity contribution in [2.45, 2.75) is 12.3 Å². The molecule has 1 aliphatic heterocycles. The van der Waals surface area contributed by atoms with Crippen LogP contribution in [0.4, 0.5) is 5.82 Å². The van der Waals surface area contributed by atoms with Crippen LogP contribution < -0.4 is 11.1 Å². The third kappa shape index (κ3) is 2.15. The smallest absolute Gasteiger partial charge is 0.267 e. The highest BCUT2D eigenvalue weighted by atomic mass is 16.2. The molecule has 1 unspecified atom stereocenters. The van der Waals surface area contributed by atoms with Gasteiger partial charge >= 0.3 is 0 Å². The monoisotopic (exact) mass is 306 g/mol. The molecule has 6 heteroatoms. The summed E-state index contributed by atoms with van der Waals surface area (Å²) in [5.41, 5.74) is 7.29. The maximum absolute atomic E-state index is 12.0. The first-order chi connectivity index (χ1) is 11.1. The Kier molecular flexibility index (Phi) is 2.90. The summed E-state index contributed by atoms with van der Waals surface area (Å²) in [4.78, 5) is 23.6. The zero-order valence-corrected chi connectivity index (χ0v) is 12.2. The van der Waals surface area contributed by atoms with Crippen molar-refractivity contribution >= 4 is 28.4 Å². The van der Waals surface area contributed by atoms with E-state index in [1.807, 2.05) is 42.5 Å². The molecule has 2 amide bonds. The lowest BCUT2D eigenvalue weighted by Crippen LogP contribution is -2.25. The van der Waals surface area contributed by atoms with E-state index in [1.54, 1.807) is 0 Å². The number of hydrogen-bond acceptors (Lipinski definition) is 3. The Morgan fingerprint density at radius 2 is 1.96 bits per heavy atom. The zero-order valence-electron chi connectivity index (χ0n) is 12.2. The molecule has 0 spiro atoms. The second kappa shape index (κ2) is 4.95. The van der Waals surface area contributed by atoms with Crippen LogP contribution in [-0.2, 0) is 4.79 Å². The van der Waals surface area contributed by atoms with Crippen LogP contribution in [0.2, 0.25) is 0 Å². The number of nitrogens with zero attached hydrogens (tertiary/aromatic N) is 1. The number of H-pyrrole nitrogens is 1. The van der Waals surface area contributed by atoms with Crippen LogP contribution in [0, 0.1) is 0 Å². The van der Waals surface area contributed by atoms with E-state index < -0.39 is 5.91 Å². The molecule has 4 N–H and O–H groups in total. The number of carbonyl (C=O) groups excluding carboxylic acids is 2. The quantitative estimate of drug-likeness (QED) is 0.676. The fourth-order valence-electron chi connectivity index (χ4n) is 3.15. The van der Waals surface area contributed by atoms with Gasteiger partial charge in [-0.05, 0) is 16.3 Å². The van der Waals surface area contributed by atoms with Crippen LogP contribution in [0.5, 0.6) is 0 Å². The first kappa shape index (κ1) is 13.5. The molecule has 23 heavy (non-hydrogen) atoms. The summed E-state index contributed by atoms with van der Waals surface area (Å²) in [6, 6.07) is 14.0. The Morgan fingerprint density at radius 3 is 2.74 bits per heavy atom. The summed E-state index contributed by atoms with van der Waals surface area (Å²) >= 11 is 0. The summed E-state index contributed by atoms with van der Waals surface area (Å²) in [5, 5.41) is 11.5. The number of amides is 2. The molecule has 6 nitrogen and oxygen atoms in total. The van der Waals surface area contributed by atoms with Crippen molar-refractivity contribution in [1.82, 2.24) is 10.2 Å². The number of primary amides is 1. The fraction of sp³-hybridized carbons (Fsp3) is 0.118. The van der Waals surface area contributed by atoms with Gasteiger partial charge in [-0.15, -0.1) is 0 Å². The SMILES string of the molecule is NC(=O)c1[nH]nc2c1C(c1ccc3ccccc3c1)CC(=O)N2. The molecule has 2 aromatic carbocycles. The van der Waals surface area contributed by atoms with E-state index in [2.05, 4.69) is 15.5 Å². The van der Waals surface area contributed by atoms with E-state index in [-0.39, 0.29) is 23.9 Å². The predicted octanol–water partition coefficient (Wildman–Crippen LogP) is 2.14. The molecule has 1 atom stereocenters. The van der Waals surface area contributed by atoms with Crippen molar-refractivity contribution in [3.8, 4) is 0 Å². The summed E-state index contributed by atoms with van der Waals surface area (Å²) < 4.78 is 0. The highest BCUT2D eigenvalue weighted by Gasteiger charge is 2.33. The van der Waals surface area contributed by atoms with Crippen LogP contribution in [0.15, 0.2) is 42.5 Å². The van der Waals surface area contributed by atoms with Crippen LogP contribution in [0.3, 0.4) is 0 Å². The number of fused-ring (bicyclic) bond motifs is 2. The number of aromatic nitrogens is 2. The Labute approximate surface area is 131 Å². The maximum Gasteiger partial charge on any atom is 0.267 e. The molecule has 0 saturated carbocycles. The minimum Gasteiger partial charge on any atom is -0.364 e. The van der Waals surface area contributed by atoms with Gasteiger partial charge in [0.1, 0.15) is 5.69 Å². The first-order valence-corrected chi connectivity index (χ1v) is 7.30. The van der Waals surface area contributed by atoms with Gasteiger partial charge in [0.2, 0.25) is 5.91 Å². The van der Waals surface area contributed by atoms with E-state index >= 15 is 0 Å². The highest BCUT2D eigenvalue weighted by Crippen LogP contribution is 2.38. The summed E-state index contributed by atoms with van der Waals surface area (Å²) in [7, 11) is 0. The zero-order chi connectivity index (χ0) is 16.0.